The zero-order valence-electron chi connectivity index (χ0n) is 15.7. The number of likely N-dealkylation sites (tertiary alicyclic amines) is 1. The maximum Gasteiger partial charge on any atom is 0.410 e. The molecule has 0 radical (unpaired) electrons. The monoisotopic (exact) mass is 380 g/mol. The topological polar surface area (TPSA) is 75.7 Å². The van der Waals surface area contributed by atoms with Crippen LogP contribution in [-0.4, -0.2) is 49.9 Å². The van der Waals surface area contributed by atoms with Crippen LogP contribution >= 0.6 is 0 Å². The summed E-state index contributed by atoms with van der Waals surface area (Å²) >= 11 is 0. The number of nitrogens with zero attached hydrogens (tertiary/aromatic N) is 1. The van der Waals surface area contributed by atoms with E-state index in [1.807, 2.05) is 20.8 Å². The fraction of sp³-hybridized carbons (Fsp3) is 0.526. The van der Waals surface area contributed by atoms with Crippen molar-refractivity contribution in [3.8, 4) is 0 Å². The van der Waals surface area contributed by atoms with Crippen LogP contribution in [-0.2, 0) is 14.6 Å². The van der Waals surface area contributed by atoms with Crippen LogP contribution in [0.4, 0.5) is 10.5 Å². The second-order valence-electron chi connectivity index (χ2n) is 7.50. The summed E-state index contributed by atoms with van der Waals surface area (Å²) in [5.41, 5.74) is 0.322. The van der Waals surface area contributed by atoms with Gasteiger partial charge in [-0.2, -0.15) is 0 Å². The Morgan fingerprint density at radius 1 is 1.35 bits per heavy atom. The van der Waals surface area contributed by atoms with Gasteiger partial charge in [-0.3, -0.25) is 0 Å². The smallest absolute Gasteiger partial charge is 0.410 e. The van der Waals surface area contributed by atoms with Crippen LogP contribution in [0.2, 0.25) is 0 Å². The highest BCUT2D eigenvalue weighted by Gasteiger charge is 2.27. The summed E-state index contributed by atoms with van der Waals surface area (Å²) in [7, 11) is -3.31. The molecule has 6 nitrogen and oxygen atoms in total. The number of sulfone groups is 1. The Hall–Kier alpha value is -2.02. The van der Waals surface area contributed by atoms with E-state index in [2.05, 4.69) is 11.9 Å². The van der Waals surface area contributed by atoms with E-state index in [4.69, 9.17) is 4.74 Å². The van der Waals surface area contributed by atoms with Gasteiger partial charge in [0.25, 0.3) is 0 Å². The lowest BCUT2D eigenvalue weighted by atomic mass is 10.1. The Kier molecular flexibility index (Phi) is 6.34. The van der Waals surface area contributed by atoms with Crippen molar-refractivity contribution in [3.05, 3.63) is 36.9 Å². The van der Waals surface area contributed by atoms with Gasteiger partial charge in [-0.15, -0.1) is 6.58 Å². The largest absolute Gasteiger partial charge is 0.444 e. The van der Waals surface area contributed by atoms with Crippen LogP contribution in [0, 0.1) is 0 Å². The second kappa shape index (κ2) is 8.12. The average Bonchev–Trinajstić information content (AvgIpc) is 2.54. The molecule has 1 aromatic carbocycles. The molecule has 0 saturated carbocycles. The SMILES string of the molecule is C=CCS(=O)(=O)c1ccc(N[C@@H]2CCCN(C(=O)OC(C)(C)C)C2)cc1. The minimum Gasteiger partial charge on any atom is -0.444 e. The average molecular weight is 381 g/mol. The molecule has 2 rings (SSSR count). The van der Waals surface area contributed by atoms with Gasteiger partial charge in [-0.1, -0.05) is 6.08 Å². The fourth-order valence-corrected chi connectivity index (χ4v) is 3.89. The number of ether oxygens (including phenoxy) is 1. The number of nitrogens with one attached hydrogen (secondary N) is 1. The Morgan fingerprint density at radius 2 is 2.00 bits per heavy atom. The maximum atomic E-state index is 12.2. The van der Waals surface area contributed by atoms with Crippen molar-refractivity contribution in [3.63, 3.8) is 0 Å². The molecule has 7 heteroatoms. The highest BCUT2D eigenvalue weighted by molar-refractivity contribution is 7.91. The molecule has 1 heterocycles. The van der Waals surface area contributed by atoms with Gasteiger partial charge in [0.1, 0.15) is 5.60 Å². The molecule has 1 atom stereocenters. The van der Waals surface area contributed by atoms with Gasteiger partial charge in [-0.25, -0.2) is 13.2 Å². The van der Waals surface area contributed by atoms with E-state index in [0.717, 1.165) is 18.5 Å². The summed E-state index contributed by atoms with van der Waals surface area (Å²) in [6.45, 7) is 10.3. The first-order chi connectivity index (χ1) is 12.1. The zero-order valence-corrected chi connectivity index (χ0v) is 16.5. The lowest BCUT2D eigenvalue weighted by molar-refractivity contribution is 0.0206. The number of piperidine rings is 1. The van der Waals surface area contributed by atoms with E-state index >= 15 is 0 Å². The molecule has 0 unspecified atom stereocenters. The van der Waals surface area contributed by atoms with Crippen molar-refractivity contribution >= 4 is 21.6 Å². The van der Waals surface area contributed by atoms with E-state index in [1.54, 1.807) is 29.2 Å². The standard InChI is InChI=1S/C19H28N2O4S/c1-5-13-26(23,24)17-10-8-15(9-11-17)20-16-7-6-12-21(14-16)18(22)25-19(2,3)4/h5,8-11,16,20H,1,6-7,12-14H2,2-4H3/t16-/m1/s1. The Balaban J connectivity index is 1.98. The molecule has 26 heavy (non-hydrogen) atoms. The van der Waals surface area contributed by atoms with Crippen molar-refractivity contribution in [2.45, 2.75) is 50.2 Å². The molecule has 1 saturated heterocycles. The Bertz CT molecular complexity index is 736. The predicted molar refractivity (Wildman–Crippen MR) is 103 cm³/mol. The lowest BCUT2D eigenvalue weighted by Gasteiger charge is -2.34. The van der Waals surface area contributed by atoms with Crippen molar-refractivity contribution < 1.29 is 17.9 Å². The van der Waals surface area contributed by atoms with Crippen LogP contribution < -0.4 is 5.32 Å². The summed E-state index contributed by atoms with van der Waals surface area (Å²) in [6, 6.07) is 6.79. The van der Waals surface area contributed by atoms with Gasteiger partial charge in [0.05, 0.1) is 10.6 Å². The normalized spacial score (nSPS) is 18.3. The quantitative estimate of drug-likeness (QED) is 0.792. The number of hydrogen-bond acceptors (Lipinski definition) is 5. The van der Waals surface area contributed by atoms with Gasteiger partial charge in [0.2, 0.25) is 0 Å². The van der Waals surface area contributed by atoms with E-state index in [-0.39, 0.29) is 22.8 Å². The summed E-state index contributed by atoms with van der Waals surface area (Å²) in [5, 5.41) is 3.37. The van der Waals surface area contributed by atoms with Crippen molar-refractivity contribution in [2.75, 3.05) is 24.2 Å². The number of hydrogen-bond donors (Lipinski definition) is 1. The van der Waals surface area contributed by atoms with Crippen LogP contribution in [0.25, 0.3) is 0 Å². The molecule has 1 fully saturated rings. The van der Waals surface area contributed by atoms with E-state index in [0.29, 0.717) is 13.1 Å². The molecule has 1 amide bonds. The first-order valence-corrected chi connectivity index (χ1v) is 10.4. The lowest BCUT2D eigenvalue weighted by Crippen LogP contribution is -2.46. The first-order valence-electron chi connectivity index (χ1n) is 8.79. The molecule has 1 aromatic rings. The van der Waals surface area contributed by atoms with Gasteiger partial charge >= 0.3 is 6.09 Å². The van der Waals surface area contributed by atoms with E-state index in [9.17, 15) is 13.2 Å². The van der Waals surface area contributed by atoms with E-state index in [1.165, 1.54) is 6.08 Å². The summed E-state index contributed by atoms with van der Waals surface area (Å²) in [6.07, 6.45) is 2.92. The number of amides is 1. The predicted octanol–water partition coefficient (Wildman–Crippen LogP) is 3.46. The minimum atomic E-state index is -3.31. The number of benzene rings is 1. The number of carbonyl (C=O) groups is 1. The van der Waals surface area contributed by atoms with Crippen LogP contribution in [0.5, 0.6) is 0 Å². The third-order valence-electron chi connectivity index (χ3n) is 3.99. The van der Waals surface area contributed by atoms with Crippen LogP contribution in [0.15, 0.2) is 41.8 Å². The van der Waals surface area contributed by atoms with Crippen molar-refractivity contribution in [1.29, 1.82) is 0 Å². The van der Waals surface area contributed by atoms with Crippen molar-refractivity contribution in [1.82, 2.24) is 4.90 Å². The van der Waals surface area contributed by atoms with Crippen LogP contribution in [0.3, 0.4) is 0 Å². The number of anilines is 1. The summed E-state index contributed by atoms with van der Waals surface area (Å²) in [5.74, 6) is -0.0761. The van der Waals surface area contributed by atoms with Crippen LogP contribution in [0.1, 0.15) is 33.6 Å². The highest BCUT2D eigenvalue weighted by Crippen LogP contribution is 2.20. The fourth-order valence-electron chi connectivity index (χ4n) is 2.83. The third-order valence-corrected chi connectivity index (χ3v) is 5.66. The van der Waals surface area contributed by atoms with Gasteiger partial charge < -0.3 is 15.0 Å². The second-order valence-corrected chi connectivity index (χ2v) is 9.54. The third kappa shape index (κ3) is 5.76. The molecule has 0 aliphatic carbocycles. The molecular formula is C19H28N2O4S. The Morgan fingerprint density at radius 3 is 2.58 bits per heavy atom. The minimum absolute atomic E-state index is 0.0761. The first kappa shape index (κ1) is 20.3. The molecule has 1 aliphatic heterocycles. The van der Waals surface area contributed by atoms with Crippen molar-refractivity contribution in [2.24, 2.45) is 0 Å². The molecular weight excluding hydrogens is 352 g/mol. The van der Waals surface area contributed by atoms with Gasteiger partial charge in [-0.05, 0) is 57.9 Å². The zero-order chi connectivity index (χ0) is 19.4. The van der Waals surface area contributed by atoms with Gasteiger partial charge in [0, 0.05) is 24.8 Å². The molecule has 144 valence electrons. The molecule has 0 bridgehead atoms. The highest BCUT2D eigenvalue weighted by atomic mass is 32.2. The molecule has 1 N–H and O–H groups in total. The molecule has 0 spiro atoms. The summed E-state index contributed by atoms with van der Waals surface area (Å²) in [4.78, 5) is 14.2. The maximum absolute atomic E-state index is 12.2. The molecule has 1 aliphatic rings. The number of rotatable bonds is 5. The molecule has 0 aromatic heterocycles. The van der Waals surface area contributed by atoms with Gasteiger partial charge in [0.15, 0.2) is 9.84 Å². The number of carbonyl (C=O) groups excluding carboxylic acids is 1. The van der Waals surface area contributed by atoms with E-state index < -0.39 is 15.4 Å². The Labute approximate surface area is 156 Å². The summed E-state index contributed by atoms with van der Waals surface area (Å²) < 4.78 is 29.5.